The Kier molecular flexibility index (Phi) is 9.04. The van der Waals surface area contributed by atoms with Crippen molar-refractivity contribution in [2.45, 2.75) is 38.7 Å². The van der Waals surface area contributed by atoms with Gasteiger partial charge in [-0.05, 0) is 36.2 Å². The second-order valence-electron chi connectivity index (χ2n) is 8.39. The lowest BCUT2D eigenvalue weighted by Gasteiger charge is -2.23. The highest BCUT2D eigenvalue weighted by atomic mass is 32.1. The lowest BCUT2D eigenvalue weighted by molar-refractivity contribution is -0.143. The predicted octanol–water partition coefficient (Wildman–Crippen LogP) is 6.43. The minimum atomic E-state index is -5.08. The summed E-state index contributed by atoms with van der Waals surface area (Å²) in [6, 6.07) is 5.28. The normalized spacial score (nSPS) is 13.4. The number of rotatable bonds is 8. The molecule has 39 heavy (non-hydrogen) atoms. The van der Waals surface area contributed by atoms with Crippen LogP contribution in [0.1, 0.15) is 31.4 Å². The molecule has 3 rings (SSSR count). The highest BCUT2D eigenvalue weighted by Gasteiger charge is 2.37. The molecule has 0 fully saturated rings. The van der Waals surface area contributed by atoms with Crippen LogP contribution in [0.25, 0.3) is 10.6 Å². The number of urea groups is 1. The zero-order chi connectivity index (χ0) is 29.0. The summed E-state index contributed by atoms with van der Waals surface area (Å²) in [6.45, 7) is 3.37. The van der Waals surface area contributed by atoms with Crippen molar-refractivity contribution in [3.63, 3.8) is 0 Å². The molecule has 0 radical (unpaired) electrons. The Morgan fingerprint density at radius 1 is 0.974 bits per heavy atom. The fourth-order valence-corrected chi connectivity index (χ4v) is 4.11. The van der Waals surface area contributed by atoms with Crippen LogP contribution in [0.4, 0.5) is 42.0 Å². The van der Waals surface area contributed by atoms with E-state index in [0.29, 0.717) is 34.9 Å². The molecule has 0 aliphatic rings. The molecule has 15 heteroatoms. The van der Waals surface area contributed by atoms with Gasteiger partial charge in [0.2, 0.25) is 11.0 Å². The molecule has 210 valence electrons. The first-order valence-electron chi connectivity index (χ1n) is 11.4. The average molecular weight is 576 g/mol. The number of aromatic nitrogens is 2. The fraction of sp³-hybridized carbons (Fsp3) is 0.333. The summed E-state index contributed by atoms with van der Waals surface area (Å²) in [7, 11) is 1.51. The van der Waals surface area contributed by atoms with Crippen LogP contribution in [-0.2, 0) is 17.1 Å². The molecule has 1 heterocycles. The maximum absolute atomic E-state index is 13.1. The van der Waals surface area contributed by atoms with E-state index in [4.69, 9.17) is 4.74 Å². The van der Waals surface area contributed by atoms with Gasteiger partial charge < -0.3 is 15.4 Å². The summed E-state index contributed by atoms with van der Waals surface area (Å²) in [4.78, 5) is 25.6. The van der Waals surface area contributed by atoms with Crippen molar-refractivity contribution in [2.75, 3.05) is 17.7 Å². The molecule has 0 bridgehead atoms. The van der Waals surface area contributed by atoms with E-state index in [1.54, 1.807) is 38.1 Å². The molecule has 0 saturated carbocycles. The standard InChI is InChI=1S/C24H23F6N5O3S/c1-4-12(2)18(19(36)33-22-35-34-20(39-22)13-6-5-7-17(8-13)38-3)32-21(37)31-16-10-14(23(25,26)27)9-15(11-16)24(28,29)30/h5-12,18H,4H2,1-3H3,(H2,31,32,37)(H,33,35,36)/t12-,18+/m0/s1. The molecule has 0 spiro atoms. The van der Waals surface area contributed by atoms with Gasteiger partial charge in [0.15, 0.2) is 0 Å². The first-order chi connectivity index (χ1) is 18.2. The minimum Gasteiger partial charge on any atom is -0.497 e. The summed E-state index contributed by atoms with van der Waals surface area (Å²) in [5.41, 5.74) is -3.24. The monoisotopic (exact) mass is 575 g/mol. The first-order valence-corrected chi connectivity index (χ1v) is 12.2. The number of ether oxygens (including phenoxy) is 1. The zero-order valence-electron chi connectivity index (χ0n) is 20.7. The highest BCUT2D eigenvalue weighted by Crippen LogP contribution is 2.37. The van der Waals surface area contributed by atoms with Crippen molar-refractivity contribution in [2.24, 2.45) is 5.92 Å². The van der Waals surface area contributed by atoms with Gasteiger partial charge in [0.05, 0.1) is 18.2 Å². The van der Waals surface area contributed by atoms with Crippen molar-refractivity contribution in [1.29, 1.82) is 0 Å². The van der Waals surface area contributed by atoms with Gasteiger partial charge in [-0.25, -0.2) is 4.79 Å². The van der Waals surface area contributed by atoms with E-state index >= 15 is 0 Å². The average Bonchev–Trinajstić information content (AvgIpc) is 3.34. The molecule has 3 N–H and O–H groups in total. The van der Waals surface area contributed by atoms with E-state index in [1.807, 2.05) is 5.32 Å². The van der Waals surface area contributed by atoms with Gasteiger partial charge in [0.1, 0.15) is 16.8 Å². The van der Waals surface area contributed by atoms with E-state index in [2.05, 4.69) is 20.8 Å². The summed E-state index contributed by atoms with van der Waals surface area (Å²) < 4.78 is 84.0. The predicted molar refractivity (Wildman–Crippen MR) is 132 cm³/mol. The van der Waals surface area contributed by atoms with E-state index in [9.17, 15) is 35.9 Å². The van der Waals surface area contributed by atoms with Gasteiger partial charge in [-0.3, -0.25) is 10.1 Å². The number of nitrogens with zero attached hydrogens (tertiary/aromatic N) is 2. The maximum atomic E-state index is 13.1. The molecule has 8 nitrogen and oxygen atoms in total. The van der Waals surface area contributed by atoms with Crippen molar-refractivity contribution in [3.8, 4) is 16.3 Å². The first kappa shape index (κ1) is 29.7. The summed E-state index contributed by atoms with van der Waals surface area (Å²) in [5, 5.41) is 15.4. The van der Waals surface area contributed by atoms with Crippen LogP contribution >= 0.6 is 11.3 Å². The Labute approximate surface area is 222 Å². The summed E-state index contributed by atoms with van der Waals surface area (Å²) >= 11 is 1.05. The van der Waals surface area contributed by atoms with E-state index in [-0.39, 0.29) is 11.2 Å². The van der Waals surface area contributed by atoms with Gasteiger partial charge >= 0.3 is 18.4 Å². The molecular formula is C24H23F6N5O3S. The number of carbonyl (C=O) groups is 2. The number of hydrogen-bond donors (Lipinski definition) is 3. The molecule has 0 saturated heterocycles. The van der Waals surface area contributed by atoms with Crippen LogP contribution in [0.3, 0.4) is 0 Å². The van der Waals surface area contributed by atoms with Gasteiger partial charge in [-0.15, -0.1) is 10.2 Å². The van der Waals surface area contributed by atoms with E-state index in [0.717, 1.165) is 11.3 Å². The van der Waals surface area contributed by atoms with Crippen molar-refractivity contribution >= 4 is 34.1 Å². The molecule has 3 aromatic rings. The number of alkyl halides is 6. The number of benzene rings is 2. The van der Waals surface area contributed by atoms with Gasteiger partial charge in [-0.1, -0.05) is 43.7 Å². The molecule has 0 aliphatic carbocycles. The van der Waals surface area contributed by atoms with Gasteiger partial charge in [0.25, 0.3) is 0 Å². The lowest BCUT2D eigenvalue weighted by atomic mass is 9.98. The Morgan fingerprint density at radius 2 is 1.62 bits per heavy atom. The van der Waals surface area contributed by atoms with Crippen molar-refractivity contribution < 1.29 is 40.7 Å². The summed E-state index contributed by atoms with van der Waals surface area (Å²) in [6.07, 6.45) is -9.76. The second-order valence-corrected chi connectivity index (χ2v) is 9.37. The quantitative estimate of drug-likeness (QED) is 0.269. The van der Waals surface area contributed by atoms with Gasteiger partial charge in [-0.2, -0.15) is 26.3 Å². The van der Waals surface area contributed by atoms with Crippen LogP contribution in [0.5, 0.6) is 5.75 Å². The summed E-state index contributed by atoms with van der Waals surface area (Å²) in [5.74, 6) is -0.579. The van der Waals surface area contributed by atoms with Crippen LogP contribution < -0.4 is 20.7 Å². The molecule has 0 aliphatic heterocycles. The zero-order valence-corrected chi connectivity index (χ0v) is 21.5. The molecular weight excluding hydrogens is 552 g/mol. The van der Waals surface area contributed by atoms with Crippen LogP contribution in [0.2, 0.25) is 0 Å². The fourth-order valence-electron chi connectivity index (χ4n) is 3.37. The third-order valence-electron chi connectivity index (χ3n) is 5.60. The molecule has 0 unspecified atom stereocenters. The van der Waals surface area contributed by atoms with Crippen LogP contribution in [-0.4, -0.2) is 35.3 Å². The Morgan fingerprint density at radius 3 is 2.18 bits per heavy atom. The smallest absolute Gasteiger partial charge is 0.416 e. The largest absolute Gasteiger partial charge is 0.497 e. The van der Waals surface area contributed by atoms with Crippen molar-refractivity contribution in [1.82, 2.24) is 15.5 Å². The number of methoxy groups -OCH3 is 1. The molecule has 2 atom stereocenters. The Hall–Kier alpha value is -3.88. The topological polar surface area (TPSA) is 105 Å². The van der Waals surface area contributed by atoms with Crippen LogP contribution in [0, 0.1) is 5.92 Å². The maximum Gasteiger partial charge on any atom is 0.416 e. The van der Waals surface area contributed by atoms with Gasteiger partial charge in [0, 0.05) is 11.3 Å². The number of hydrogen-bond acceptors (Lipinski definition) is 6. The molecule has 2 aromatic carbocycles. The van der Waals surface area contributed by atoms with Crippen LogP contribution in [0.15, 0.2) is 42.5 Å². The number of amides is 3. The number of halogens is 6. The number of nitrogens with one attached hydrogen (secondary N) is 3. The Balaban J connectivity index is 1.76. The van der Waals surface area contributed by atoms with E-state index < -0.39 is 53.1 Å². The molecule has 3 amide bonds. The number of carbonyl (C=O) groups excluding carboxylic acids is 2. The SMILES string of the molecule is CC[C@H](C)[C@@H](NC(=O)Nc1cc(C(F)(F)F)cc(C(F)(F)F)c1)C(=O)Nc1nnc(-c2cccc(OC)c2)s1. The minimum absolute atomic E-state index is 0.0552. The molecule has 1 aromatic heterocycles. The third-order valence-corrected chi connectivity index (χ3v) is 6.49. The third kappa shape index (κ3) is 7.81. The van der Waals surface area contributed by atoms with Crippen molar-refractivity contribution in [3.05, 3.63) is 53.6 Å². The highest BCUT2D eigenvalue weighted by molar-refractivity contribution is 7.18. The van der Waals surface area contributed by atoms with E-state index in [1.165, 1.54) is 7.11 Å². The Bertz CT molecular complexity index is 1300. The lowest BCUT2D eigenvalue weighted by Crippen LogP contribution is -2.49. The second kappa shape index (κ2) is 11.9. The number of anilines is 2.